The van der Waals surface area contributed by atoms with Crippen LogP contribution in [0.4, 0.5) is 0 Å². The molecule has 1 amide bonds. The largest absolute Gasteiger partial charge is 0.339 e. The van der Waals surface area contributed by atoms with Gasteiger partial charge in [0.15, 0.2) is 0 Å². The van der Waals surface area contributed by atoms with Crippen molar-refractivity contribution in [2.24, 2.45) is 0 Å². The van der Waals surface area contributed by atoms with Crippen molar-refractivity contribution in [3.05, 3.63) is 78.1 Å². The van der Waals surface area contributed by atoms with Gasteiger partial charge in [-0.2, -0.15) is 0 Å². The first-order chi connectivity index (χ1) is 12.3. The third kappa shape index (κ3) is 3.46. The fourth-order valence-corrected chi connectivity index (χ4v) is 4.22. The van der Waals surface area contributed by atoms with E-state index in [2.05, 4.69) is 22.1 Å². The molecule has 5 heteroatoms. The summed E-state index contributed by atoms with van der Waals surface area (Å²) in [6, 6.07) is 20.2. The van der Waals surface area contributed by atoms with Crippen LogP contribution in [-0.2, 0) is 11.3 Å². The minimum absolute atomic E-state index is 0.0218. The van der Waals surface area contributed by atoms with Crippen LogP contribution >= 0.6 is 11.8 Å². The number of aromatic amines is 1. The third-order valence-electron chi connectivity index (χ3n) is 4.30. The second-order valence-corrected chi connectivity index (χ2v) is 7.22. The Morgan fingerprint density at radius 2 is 1.80 bits per heavy atom. The van der Waals surface area contributed by atoms with Crippen LogP contribution in [0.5, 0.6) is 0 Å². The molecule has 2 aromatic carbocycles. The maximum absolute atomic E-state index is 12.5. The average molecular weight is 349 g/mol. The average Bonchev–Trinajstić information content (AvgIpc) is 3.15. The van der Waals surface area contributed by atoms with Crippen molar-refractivity contribution in [2.45, 2.75) is 18.3 Å². The Morgan fingerprint density at radius 1 is 1.08 bits per heavy atom. The number of nitrogens with zero attached hydrogens (tertiary/aromatic N) is 2. The third-order valence-corrected chi connectivity index (χ3v) is 5.56. The molecular formula is C20H19N3OS. The summed E-state index contributed by atoms with van der Waals surface area (Å²) in [7, 11) is 0. The van der Waals surface area contributed by atoms with E-state index in [1.165, 1.54) is 0 Å². The molecule has 1 aliphatic rings. The number of hydrogen-bond donors (Lipinski definition) is 1. The summed E-state index contributed by atoms with van der Waals surface area (Å²) in [6.07, 6.45) is 2.45. The Hall–Kier alpha value is -2.53. The van der Waals surface area contributed by atoms with Crippen LogP contribution in [0.25, 0.3) is 11.4 Å². The number of nitrogens with one attached hydrogen (secondary N) is 1. The minimum atomic E-state index is -0.0218. The SMILES string of the molecule is O=C1CCSC(c2cnc(-c3ccccc3)[nH]2)N1Cc1ccccc1. The molecule has 0 saturated carbocycles. The lowest BCUT2D eigenvalue weighted by Gasteiger charge is -2.34. The fraction of sp³-hybridized carbons (Fsp3) is 0.200. The first-order valence-corrected chi connectivity index (χ1v) is 9.41. The van der Waals surface area contributed by atoms with Gasteiger partial charge in [0.25, 0.3) is 0 Å². The van der Waals surface area contributed by atoms with Crippen LogP contribution in [0.2, 0.25) is 0 Å². The molecule has 4 nitrogen and oxygen atoms in total. The van der Waals surface area contributed by atoms with E-state index in [4.69, 9.17) is 0 Å². The normalized spacial score (nSPS) is 17.7. The van der Waals surface area contributed by atoms with Crippen LogP contribution in [0.1, 0.15) is 23.1 Å². The summed E-state index contributed by atoms with van der Waals surface area (Å²) in [5.41, 5.74) is 3.18. The second-order valence-electron chi connectivity index (χ2n) is 6.03. The molecule has 0 aliphatic carbocycles. The summed E-state index contributed by atoms with van der Waals surface area (Å²) in [5, 5.41) is -0.0218. The lowest BCUT2D eigenvalue weighted by molar-refractivity contribution is -0.132. The number of thioether (sulfide) groups is 1. The first-order valence-electron chi connectivity index (χ1n) is 8.36. The van der Waals surface area contributed by atoms with Crippen LogP contribution in [0.3, 0.4) is 0 Å². The summed E-state index contributed by atoms with van der Waals surface area (Å²) in [4.78, 5) is 22.4. The number of H-pyrrole nitrogens is 1. The van der Waals surface area contributed by atoms with E-state index in [1.54, 1.807) is 11.8 Å². The molecule has 1 unspecified atom stereocenters. The monoisotopic (exact) mass is 349 g/mol. The highest BCUT2D eigenvalue weighted by atomic mass is 32.2. The Bertz CT molecular complexity index is 848. The lowest BCUT2D eigenvalue weighted by Crippen LogP contribution is -2.36. The molecule has 3 aromatic rings. The van der Waals surface area contributed by atoms with Crippen LogP contribution in [-0.4, -0.2) is 26.5 Å². The molecule has 0 spiro atoms. The van der Waals surface area contributed by atoms with E-state index >= 15 is 0 Å². The highest BCUT2D eigenvalue weighted by molar-refractivity contribution is 7.99. The van der Waals surface area contributed by atoms with Crippen molar-refractivity contribution < 1.29 is 4.79 Å². The number of rotatable bonds is 4. The van der Waals surface area contributed by atoms with Crippen molar-refractivity contribution in [1.29, 1.82) is 0 Å². The molecule has 1 atom stereocenters. The summed E-state index contributed by atoms with van der Waals surface area (Å²) in [6.45, 7) is 0.622. The zero-order valence-electron chi connectivity index (χ0n) is 13.8. The van der Waals surface area contributed by atoms with E-state index in [-0.39, 0.29) is 11.3 Å². The minimum Gasteiger partial charge on any atom is -0.339 e. The Labute approximate surface area is 151 Å². The molecule has 4 rings (SSSR count). The molecule has 1 N–H and O–H groups in total. The topological polar surface area (TPSA) is 49.0 Å². The van der Waals surface area contributed by atoms with Gasteiger partial charge in [-0.15, -0.1) is 11.8 Å². The van der Waals surface area contributed by atoms with E-state index in [1.807, 2.05) is 59.6 Å². The lowest BCUT2D eigenvalue weighted by atomic mass is 10.2. The van der Waals surface area contributed by atoms with Gasteiger partial charge in [-0.3, -0.25) is 4.79 Å². The van der Waals surface area contributed by atoms with Crippen molar-refractivity contribution in [3.8, 4) is 11.4 Å². The van der Waals surface area contributed by atoms with Gasteiger partial charge in [0.05, 0.1) is 11.9 Å². The molecular weight excluding hydrogens is 330 g/mol. The maximum Gasteiger partial charge on any atom is 0.224 e. The Kier molecular flexibility index (Phi) is 4.57. The van der Waals surface area contributed by atoms with E-state index in [9.17, 15) is 4.79 Å². The highest BCUT2D eigenvalue weighted by Gasteiger charge is 2.31. The highest BCUT2D eigenvalue weighted by Crippen LogP contribution is 2.38. The van der Waals surface area contributed by atoms with Gasteiger partial charge in [-0.25, -0.2) is 4.98 Å². The molecule has 1 aromatic heterocycles. The molecule has 0 radical (unpaired) electrons. The zero-order valence-corrected chi connectivity index (χ0v) is 14.6. The van der Waals surface area contributed by atoms with Crippen LogP contribution in [0, 0.1) is 0 Å². The van der Waals surface area contributed by atoms with Gasteiger partial charge in [-0.1, -0.05) is 60.7 Å². The van der Waals surface area contributed by atoms with Gasteiger partial charge in [-0.05, 0) is 5.56 Å². The van der Waals surface area contributed by atoms with Gasteiger partial charge < -0.3 is 9.88 Å². The summed E-state index contributed by atoms with van der Waals surface area (Å²) < 4.78 is 0. The fourth-order valence-electron chi connectivity index (χ4n) is 3.03. The standard InChI is InChI=1S/C20H19N3OS/c24-18-11-12-25-20(23(18)14-15-7-3-1-4-8-15)17-13-21-19(22-17)16-9-5-2-6-10-16/h1-10,13,20H,11-12,14H2,(H,21,22). The molecule has 1 saturated heterocycles. The van der Waals surface area contributed by atoms with Gasteiger partial charge in [0.2, 0.25) is 5.91 Å². The van der Waals surface area contributed by atoms with Crippen molar-refractivity contribution >= 4 is 17.7 Å². The van der Waals surface area contributed by atoms with Crippen LogP contribution in [0.15, 0.2) is 66.9 Å². The predicted molar refractivity (Wildman–Crippen MR) is 101 cm³/mol. The van der Waals surface area contributed by atoms with Gasteiger partial charge in [0, 0.05) is 24.3 Å². The van der Waals surface area contributed by atoms with E-state index < -0.39 is 0 Å². The maximum atomic E-state index is 12.5. The predicted octanol–water partition coefficient (Wildman–Crippen LogP) is 4.24. The number of benzene rings is 2. The van der Waals surface area contributed by atoms with E-state index in [0.29, 0.717) is 13.0 Å². The number of hydrogen-bond acceptors (Lipinski definition) is 3. The quantitative estimate of drug-likeness (QED) is 0.766. The number of imidazole rings is 1. The molecule has 25 heavy (non-hydrogen) atoms. The molecule has 1 fully saturated rings. The van der Waals surface area contributed by atoms with E-state index in [0.717, 1.165) is 28.4 Å². The molecule has 126 valence electrons. The number of amides is 1. The summed E-state index contributed by atoms with van der Waals surface area (Å²) in [5.74, 6) is 1.88. The molecule has 1 aliphatic heterocycles. The Morgan fingerprint density at radius 3 is 2.56 bits per heavy atom. The van der Waals surface area contributed by atoms with Crippen molar-refractivity contribution in [1.82, 2.24) is 14.9 Å². The van der Waals surface area contributed by atoms with Gasteiger partial charge in [0.1, 0.15) is 11.2 Å². The number of carbonyl (C=O) groups excluding carboxylic acids is 1. The Balaban J connectivity index is 1.61. The second kappa shape index (κ2) is 7.15. The smallest absolute Gasteiger partial charge is 0.224 e. The molecule has 0 bridgehead atoms. The first kappa shape index (κ1) is 16.0. The van der Waals surface area contributed by atoms with Crippen LogP contribution < -0.4 is 0 Å². The van der Waals surface area contributed by atoms with Gasteiger partial charge >= 0.3 is 0 Å². The van der Waals surface area contributed by atoms with Crippen molar-refractivity contribution in [2.75, 3.05) is 5.75 Å². The number of aromatic nitrogens is 2. The number of carbonyl (C=O) groups is 1. The zero-order chi connectivity index (χ0) is 17.1. The summed E-state index contributed by atoms with van der Waals surface area (Å²) >= 11 is 1.79. The van der Waals surface area contributed by atoms with Crippen molar-refractivity contribution in [3.63, 3.8) is 0 Å². The molecule has 2 heterocycles.